The average Bonchev–Trinajstić information content (AvgIpc) is 3.27. The van der Waals surface area contributed by atoms with E-state index in [1.807, 2.05) is 42.7 Å². The molecule has 0 fully saturated rings. The molecule has 0 spiro atoms. The fourth-order valence-corrected chi connectivity index (χ4v) is 8.31. The normalized spacial score (nSPS) is 16.1. The Labute approximate surface area is 328 Å². The molecule has 0 saturated heterocycles. The highest BCUT2D eigenvalue weighted by molar-refractivity contribution is 6.14. The molecule has 270 valence electrons. The second-order valence-corrected chi connectivity index (χ2v) is 14.5. The van der Waals surface area contributed by atoms with Crippen molar-refractivity contribution in [3.63, 3.8) is 0 Å². The van der Waals surface area contributed by atoms with E-state index in [1.54, 1.807) is 12.4 Å². The van der Waals surface area contributed by atoms with Crippen molar-refractivity contribution >= 4 is 45.4 Å². The maximum Gasteiger partial charge on any atom is 0.0722 e. The van der Waals surface area contributed by atoms with Crippen LogP contribution in [0.25, 0.3) is 55.3 Å². The van der Waals surface area contributed by atoms with Gasteiger partial charge in [0.2, 0.25) is 0 Å². The zero-order valence-corrected chi connectivity index (χ0v) is 31.4. The van der Waals surface area contributed by atoms with Crippen LogP contribution in [0.15, 0.2) is 191 Å². The second kappa shape index (κ2) is 15.5. The molecule has 0 saturated carbocycles. The van der Waals surface area contributed by atoms with Crippen molar-refractivity contribution in [2.24, 2.45) is 15.9 Å². The average molecular weight is 724 g/mol. The second-order valence-electron chi connectivity index (χ2n) is 14.5. The highest BCUT2D eigenvalue weighted by atomic mass is 14.8. The van der Waals surface area contributed by atoms with Gasteiger partial charge in [-0.15, -0.1) is 0 Å². The van der Waals surface area contributed by atoms with Crippen LogP contribution in [-0.4, -0.2) is 33.9 Å². The zero-order valence-electron chi connectivity index (χ0n) is 31.4. The topological polar surface area (TPSA) is 63.4 Å². The van der Waals surface area contributed by atoms with E-state index < -0.39 is 0 Å². The van der Waals surface area contributed by atoms with E-state index in [2.05, 4.69) is 138 Å². The van der Waals surface area contributed by atoms with Crippen molar-refractivity contribution in [3.05, 3.63) is 198 Å². The van der Waals surface area contributed by atoms with Gasteiger partial charge < -0.3 is 0 Å². The molecule has 9 rings (SSSR count). The number of hydrogen-bond donors (Lipinski definition) is 0. The molecule has 1 atom stereocenters. The van der Waals surface area contributed by atoms with Crippen LogP contribution in [0.1, 0.15) is 42.9 Å². The molecule has 1 unspecified atom stereocenters. The van der Waals surface area contributed by atoms with E-state index in [4.69, 9.17) is 9.98 Å². The van der Waals surface area contributed by atoms with Crippen LogP contribution < -0.4 is 0 Å². The van der Waals surface area contributed by atoms with E-state index in [9.17, 15) is 0 Å². The van der Waals surface area contributed by atoms with Crippen molar-refractivity contribution in [3.8, 4) is 22.4 Å². The Kier molecular flexibility index (Phi) is 9.65. The summed E-state index contributed by atoms with van der Waals surface area (Å²) in [7, 11) is 0. The van der Waals surface area contributed by atoms with Gasteiger partial charge in [0.1, 0.15) is 0 Å². The van der Waals surface area contributed by atoms with Gasteiger partial charge in [-0.25, -0.2) is 4.98 Å². The number of pyridine rings is 3. The smallest absolute Gasteiger partial charge is 0.0722 e. The summed E-state index contributed by atoms with van der Waals surface area (Å²) in [6.07, 6.45) is 16.8. The summed E-state index contributed by atoms with van der Waals surface area (Å²) in [5.41, 5.74) is 15.9. The number of benzene rings is 4. The number of allylic oxidation sites excluding steroid dienone is 6. The minimum atomic E-state index is 0.407. The predicted molar refractivity (Wildman–Crippen MR) is 234 cm³/mol. The van der Waals surface area contributed by atoms with Gasteiger partial charge in [-0.05, 0) is 124 Å². The number of aromatic nitrogens is 3. The number of nitrogens with zero attached hydrogens (tertiary/aromatic N) is 5. The van der Waals surface area contributed by atoms with Crippen LogP contribution in [0.2, 0.25) is 0 Å². The Hall–Kier alpha value is -6.85. The Morgan fingerprint density at radius 3 is 2.23 bits per heavy atom. The monoisotopic (exact) mass is 723 g/mol. The summed E-state index contributed by atoms with van der Waals surface area (Å²) in [4.78, 5) is 23.2. The number of fused-ring (bicyclic) bond motifs is 4. The van der Waals surface area contributed by atoms with Crippen molar-refractivity contribution in [1.82, 2.24) is 15.0 Å². The molecule has 56 heavy (non-hydrogen) atoms. The van der Waals surface area contributed by atoms with Gasteiger partial charge in [0.15, 0.2) is 0 Å². The summed E-state index contributed by atoms with van der Waals surface area (Å²) in [6.45, 7) is 6.84. The Bertz CT molecular complexity index is 2740. The van der Waals surface area contributed by atoms with Gasteiger partial charge >= 0.3 is 0 Å². The van der Waals surface area contributed by atoms with E-state index in [0.29, 0.717) is 12.5 Å². The van der Waals surface area contributed by atoms with Crippen LogP contribution in [0.3, 0.4) is 0 Å². The Balaban J connectivity index is 1.11. The van der Waals surface area contributed by atoms with Gasteiger partial charge in [0, 0.05) is 46.9 Å². The molecule has 4 aromatic carbocycles. The van der Waals surface area contributed by atoms with Gasteiger partial charge in [-0.1, -0.05) is 104 Å². The highest BCUT2D eigenvalue weighted by Crippen LogP contribution is 2.44. The largest absolute Gasteiger partial charge is 0.280 e. The van der Waals surface area contributed by atoms with E-state index in [0.717, 1.165) is 58.6 Å². The fourth-order valence-electron chi connectivity index (χ4n) is 8.31. The lowest BCUT2D eigenvalue weighted by molar-refractivity contribution is 0.666. The Morgan fingerprint density at radius 2 is 1.46 bits per heavy atom. The minimum absolute atomic E-state index is 0.407. The number of hydrogen-bond acceptors (Lipinski definition) is 5. The number of rotatable bonds is 9. The third-order valence-electron chi connectivity index (χ3n) is 11.1. The van der Waals surface area contributed by atoms with Crippen LogP contribution in [-0.2, 0) is 0 Å². The molecule has 3 aromatic heterocycles. The lowest BCUT2D eigenvalue weighted by Crippen LogP contribution is -2.16. The predicted octanol–water partition coefficient (Wildman–Crippen LogP) is 12.2. The van der Waals surface area contributed by atoms with E-state index in [1.165, 1.54) is 55.1 Å². The van der Waals surface area contributed by atoms with Crippen molar-refractivity contribution in [2.45, 2.75) is 26.2 Å². The lowest BCUT2D eigenvalue weighted by atomic mass is 9.74. The molecule has 0 N–H and O–H groups in total. The molecule has 3 heterocycles. The fraction of sp³-hybridized carbons (Fsp3) is 0.118. The first-order valence-electron chi connectivity index (χ1n) is 19.3. The molecular weight excluding hydrogens is 683 g/mol. The Morgan fingerprint density at radius 1 is 0.750 bits per heavy atom. The molecule has 2 aliphatic rings. The summed E-state index contributed by atoms with van der Waals surface area (Å²) < 4.78 is 0. The first-order valence-corrected chi connectivity index (χ1v) is 19.3. The van der Waals surface area contributed by atoms with Crippen molar-refractivity contribution in [1.29, 1.82) is 0 Å². The first kappa shape index (κ1) is 34.9. The lowest BCUT2D eigenvalue weighted by Gasteiger charge is -2.31. The molecule has 0 aliphatic heterocycles. The van der Waals surface area contributed by atoms with Crippen LogP contribution in [0.5, 0.6) is 0 Å². The zero-order chi connectivity index (χ0) is 37.8. The third-order valence-corrected chi connectivity index (χ3v) is 11.1. The van der Waals surface area contributed by atoms with E-state index >= 15 is 0 Å². The van der Waals surface area contributed by atoms with Crippen molar-refractivity contribution < 1.29 is 0 Å². The first-order chi connectivity index (χ1) is 27.6. The maximum atomic E-state index is 5.27. The summed E-state index contributed by atoms with van der Waals surface area (Å²) in [6, 6.07) is 42.8. The summed E-state index contributed by atoms with van der Waals surface area (Å²) >= 11 is 0. The SMILES string of the molecule is C=N/C(=C\C(=N/CC1=C2C(=C(c3ccc(-c4cc(-c5ccccc5)nc5ccc6ccccc6c45)cc3)CC1)C=CCC2C)c1ccncc1)c1ccncc1. The number of aliphatic imine (C=N–C) groups is 2. The van der Waals surface area contributed by atoms with Crippen LogP contribution in [0, 0.1) is 5.92 Å². The summed E-state index contributed by atoms with van der Waals surface area (Å²) in [5, 5.41) is 3.62. The molecule has 0 amide bonds. The van der Waals surface area contributed by atoms with Gasteiger partial charge in [-0.2, -0.15) is 0 Å². The molecular formula is C51H41N5. The van der Waals surface area contributed by atoms with Crippen LogP contribution >= 0.6 is 0 Å². The van der Waals surface area contributed by atoms with Gasteiger partial charge in [0.25, 0.3) is 0 Å². The quantitative estimate of drug-likeness (QED) is 0.110. The summed E-state index contributed by atoms with van der Waals surface area (Å²) in [5.74, 6) is 0.407. The molecule has 2 aliphatic carbocycles. The van der Waals surface area contributed by atoms with Crippen LogP contribution in [0.4, 0.5) is 0 Å². The van der Waals surface area contributed by atoms with Crippen molar-refractivity contribution in [2.75, 3.05) is 6.54 Å². The third kappa shape index (κ3) is 6.84. The highest BCUT2D eigenvalue weighted by Gasteiger charge is 2.27. The maximum absolute atomic E-state index is 5.27. The standard InChI is InChI=1S/C51H41N5/c1-34-9-8-14-44-42(21-19-41(50(34)44)33-55-48(40-25-29-54-30-26-40)32-47(52-2)39-23-27-53-28-24-39)36-15-17-37(18-16-36)45-31-49(38-11-4-3-5-12-38)56-46-22-20-35-10-6-7-13-43(35)51(45)46/h3-8,10-18,20,22-32,34H,2,9,19,21,33H2,1H3/b47-32-,55-48+. The van der Waals surface area contributed by atoms with Gasteiger partial charge in [0.05, 0.1) is 29.2 Å². The minimum Gasteiger partial charge on any atom is -0.280 e. The molecule has 0 bridgehead atoms. The van der Waals surface area contributed by atoms with E-state index in [-0.39, 0.29) is 0 Å². The molecule has 5 nitrogen and oxygen atoms in total. The van der Waals surface area contributed by atoms with Gasteiger partial charge in [-0.3, -0.25) is 20.0 Å². The molecule has 5 heteroatoms. The molecule has 7 aromatic rings. The molecule has 0 radical (unpaired) electrons.